The van der Waals surface area contributed by atoms with E-state index in [-0.39, 0.29) is 38.6 Å². The topological polar surface area (TPSA) is 108 Å². The number of hydrogen-bond donors (Lipinski definition) is 1. The molecule has 0 saturated carbocycles. The summed E-state index contributed by atoms with van der Waals surface area (Å²) in [6.45, 7) is 4.62. The molecule has 490 valence electrons. The molecular formula is C78H126NO8+. The van der Waals surface area contributed by atoms with Gasteiger partial charge in [-0.05, 0) is 128 Å². The van der Waals surface area contributed by atoms with E-state index in [4.69, 9.17) is 18.9 Å². The minimum Gasteiger partial charge on any atom is -0.477 e. The number of carboxylic acid groups (broad SMARTS) is 1. The molecule has 2 atom stereocenters. The van der Waals surface area contributed by atoms with E-state index in [0.717, 1.165) is 148 Å². The Balaban J connectivity index is 4.24. The summed E-state index contributed by atoms with van der Waals surface area (Å²) in [5.41, 5.74) is 0. The van der Waals surface area contributed by atoms with Crippen molar-refractivity contribution in [2.24, 2.45) is 0 Å². The Morgan fingerprint density at radius 2 is 0.621 bits per heavy atom. The van der Waals surface area contributed by atoms with Gasteiger partial charge in [-0.3, -0.25) is 9.59 Å². The lowest BCUT2D eigenvalue weighted by molar-refractivity contribution is -0.870. The first-order chi connectivity index (χ1) is 42.6. The number of esters is 2. The Kier molecular flexibility index (Phi) is 62.5. The monoisotopic (exact) mass is 1200 g/mol. The lowest BCUT2D eigenvalue weighted by Crippen LogP contribution is -2.40. The van der Waals surface area contributed by atoms with Crippen LogP contribution in [0.4, 0.5) is 0 Å². The summed E-state index contributed by atoms with van der Waals surface area (Å²) in [6.07, 6.45) is 97.3. The van der Waals surface area contributed by atoms with Crippen LogP contribution >= 0.6 is 0 Å². The second-order valence-electron chi connectivity index (χ2n) is 23.4. The highest BCUT2D eigenvalue weighted by Gasteiger charge is 2.25. The van der Waals surface area contributed by atoms with Gasteiger partial charge in [0.15, 0.2) is 6.10 Å². The van der Waals surface area contributed by atoms with E-state index >= 15 is 0 Å². The van der Waals surface area contributed by atoms with Crippen molar-refractivity contribution in [3.63, 3.8) is 0 Å². The maximum absolute atomic E-state index is 12.9. The van der Waals surface area contributed by atoms with Crippen LogP contribution in [0.25, 0.3) is 0 Å². The first-order valence-electron chi connectivity index (χ1n) is 34.3. The minimum absolute atomic E-state index is 0.175. The van der Waals surface area contributed by atoms with E-state index in [1.165, 1.54) is 64.2 Å². The van der Waals surface area contributed by atoms with Crippen LogP contribution in [-0.4, -0.2) is 87.4 Å². The molecule has 0 fully saturated rings. The first kappa shape index (κ1) is 81.7. The number of ether oxygens (including phenoxy) is 4. The third kappa shape index (κ3) is 68.0. The Bertz CT molecular complexity index is 2030. The normalized spacial score (nSPS) is 13.8. The van der Waals surface area contributed by atoms with Crippen molar-refractivity contribution in [1.82, 2.24) is 0 Å². The number of hydrogen-bond acceptors (Lipinski definition) is 7. The predicted molar refractivity (Wildman–Crippen MR) is 373 cm³/mol. The number of allylic oxidation sites excluding steroid dienone is 28. The Morgan fingerprint density at radius 3 is 0.920 bits per heavy atom. The van der Waals surface area contributed by atoms with Gasteiger partial charge in [-0.15, -0.1) is 0 Å². The SMILES string of the molecule is CC/C=C\C/C=C\C/C=C\C/C=C\C/C=C\C/C=C\C/C=C\C/C=C\C/C=C\C/C=C\CCCCCCCCC(=O)OC(COC(=O)CCCCCCCCCCCCCC/C=C\C/C=C\C/C=C\C/C=C\CC)COC(OCC[N+](C)(C)C)C(=O)O. The van der Waals surface area contributed by atoms with E-state index in [1.54, 1.807) is 0 Å². The third-order valence-corrected chi connectivity index (χ3v) is 14.0. The van der Waals surface area contributed by atoms with Gasteiger partial charge < -0.3 is 28.5 Å². The van der Waals surface area contributed by atoms with Crippen molar-refractivity contribution in [2.45, 2.75) is 257 Å². The summed E-state index contributed by atoms with van der Waals surface area (Å²) in [7, 11) is 5.96. The molecule has 0 saturated heterocycles. The van der Waals surface area contributed by atoms with Crippen molar-refractivity contribution < 1.29 is 42.9 Å². The van der Waals surface area contributed by atoms with Crippen molar-refractivity contribution in [2.75, 3.05) is 47.5 Å². The average Bonchev–Trinajstić information content (AvgIpc) is 3.57. The molecule has 0 amide bonds. The quantitative estimate of drug-likeness (QED) is 0.0211. The molecule has 87 heavy (non-hydrogen) atoms. The smallest absolute Gasteiger partial charge is 0.361 e. The van der Waals surface area contributed by atoms with Gasteiger partial charge in [-0.1, -0.05) is 274 Å². The van der Waals surface area contributed by atoms with Gasteiger partial charge in [-0.2, -0.15) is 0 Å². The molecule has 9 nitrogen and oxygen atoms in total. The zero-order valence-electron chi connectivity index (χ0n) is 55.9. The van der Waals surface area contributed by atoms with E-state index in [2.05, 4.69) is 184 Å². The lowest BCUT2D eigenvalue weighted by atomic mass is 10.0. The van der Waals surface area contributed by atoms with Crippen molar-refractivity contribution >= 4 is 17.9 Å². The predicted octanol–water partition coefficient (Wildman–Crippen LogP) is 21.5. The standard InChI is InChI=1S/C78H125NO8/c1-6-8-10-12-14-16-18-20-22-24-26-28-30-32-33-34-35-36-37-38-39-40-41-42-43-45-47-49-51-53-55-57-59-61-63-65-67-69-76(81)87-74(73-86-78(77(82)83)84-71-70-79(3,4)5)72-85-75(80)68-66-64-62-60-58-56-54-52-50-48-46-44-31-29-27-25-23-21-19-17-15-13-11-9-7-2/h8-11,14-17,20-23,26-29,32-33,35-36,38-39,41-42,45,47,51,53,74,78H,6-7,12-13,18-19,24-25,30-31,34,37,40,43-44,46,48-50,52,54-73H2,1-5H3/p+1/b10-8-,11-9-,16-14-,17-15-,22-20-,23-21-,28-26-,29-27-,33-32-,36-35-,39-38-,42-41-,47-45-,53-51-. The molecule has 0 bridgehead atoms. The van der Waals surface area contributed by atoms with Crippen LogP contribution in [0.15, 0.2) is 170 Å². The fourth-order valence-electron chi connectivity index (χ4n) is 8.80. The molecule has 0 aromatic carbocycles. The summed E-state index contributed by atoms with van der Waals surface area (Å²) in [6, 6.07) is 0. The number of aliphatic carboxylic acids is 1. The summed E-state index contributed by atoms with van der Waals surface area (Å²) < 4.78 is 22.9. The van der Waals surface area contributed by atoms with E-state index in [9.17, 15) is 19.5 Å². The third-order valence-electron chi connectivity index (χ3n) is 14.0. The number of carbonyl (C=O) groups excluding carboxylic acids is 2. The Labute approximate surface area is 533 Å². The maximum Gasteiger partial charge on any atom is 0.361 e. The Hall–Kier alpha value is -5.35. The summed E-state index contributed by atoms with van der Waals surface area (Å²) in [4.78, 5) is 37.6. The van der Waals surface area contributed by atoms with Crippen LogP contribution in [0.3, 0.4) is 0 Å². The second kappa shape index (κ2) is 66.6. The van der Waals surface area contributed by atoms with E-state index in [1.807, 2.05) is 21.1 Å². The molecule has 0 rings (SSSR count). The van der Waals surface area contributed by atoms with Gasteiger partial charge in [0.05, 0.1) is 34.4 Å². The minimum atomic E-state index is -1.53. The summed E-state index contributed by atoms with van der Waals surface area (Å²) >= 11 is 0. The molecular weight excluding hydrogens is 1080 g/mol. The second-order valence-corrected chi connectivity index (χ2v) is 23.4. The number of carboxylic acids is 1. The number of quaternary nitrogens is 1. The van der Waals surface area contributed by atoms with Gasteiger partial charge in [0, 0.05) is 12.8 Å². The number of rotatable bonds is 61. The van der Waals surface area contributed by atoms with E-state index in [0.29, 0.717) is 17.4 Å². The highest BCUT2D eigenvalue weighted by Crippen LogP contribution is 2.15. The fourth-order valence-corrected chi connectivity index (χ4v) is 8.80. The van der Waals surface area contributed by atoms with Crippen LogP contribution in [-0.2, 0) is 33.3 Å². The van der Waals surface area contributed by atoms with Gasteiger partial charge in [0.2, 0.25) is 0 Å². The molecule has 0 aliphatic heterocycles. The number of carbonyl (C=O) groups is 3. The van der Waals surface area contributed by atoms with Gasteiger partial charge in [0.25, 0.3) is 6.29 Å². The van der Waals surface area contributed by atoms with Crippen molar-refractivity contribution in [3.8, 4) is 0 Å². The number of likely N-dealkylation sites (N-methyl/N-ethyl adjacent to an activating group) is 1. The molecule has 0 aromatic rings. The van der Waals surface area contributed by atoms with Gasteiger partial charge in [-0.25, -0.2) is 4.79 Å². The molecule has 0 aliphatic carbocycles. The molecule has 0 aromatic heterocycles. The van der Waals surface area contributed by atoms with Crippen molar-refractivity contribution in [1.29, 1.82) is 0 Å². The van der Waals surface area contributed by atoms with Crippen LogP contribution < -0.4 is 0 Å². The first-order valence-corrected chi connectivity index (χ1v) is 34.3. The van der Waals surface area contributed by atoms with Crippen LogP contribution in [0.5, 0.6) is 0 Å². The zero-order valence-corrected chi connectivity index (χ0v) is 55.9. The fraction of sp³-hybridized carbons (Fsp3) is 0.603. The van der Waals surface area contributed by atoms with Crippen LogP contribution in [0.2, 0.25) is 0 Å². The van der Waals surface area contributed by atoms with E-state index < -0.39 is 24.3 Å². The molecule has 0 aliphatic rings. The van der Waals surface area contributed by atoms with Gasteiger partial charge in [0.1, 0.15) is 13.2 Å². The van der Waals surface area contributed by atoms with Crippen LogP contribution in [0.1, 0.15) is 245 Å². The molecule has 2 unspecified atom stereocenters. The molecule has 1 N–H and O–H groups in total. The summed E-state index contributed by atoms with van der Waals surface area (Å²) in [5.74, 6) is -2.04. The average molecular weight is 1210 g/mol. The highest BCUT2D eigenvalue weighted by atomic mass is 16.7. The molecule has 0 heterocycles. The Morgan fingerprint density at radius 1 is 0.345 bits per heavy atom. The van der Waals surface area contributed by atoms with Gasteiger partial charge >= 0.3 is 17.9 Å². The lowest BCUT2D eigenvalue weighted by Gasteiger charge is -2.25. The largest absolute Gasteiger partial charge is 0.477 e. The number of unbranched alkanes of at least 4 members (excludes halogenated alkanes) is 18. The number of nitrogens with zero attached hydrogens (tertiary/aromatic N) is 1. The molecule has 0 spiro atoms. The summed E-state index contributed by atoms with van der Waals surface area (Å²) in [5, 5.41) is 9.74. The van der Waals surface area contributed by atoms with Crippen LogP contribution in [0, 0.1) is 0 Å². The maximum atomic E-state index is 12.9. The molecule has 9 heteroatoms. The van der Waals surface area contributed by atoms with Crippen molar-refractivity contribution in [3.05, 3.63) is 170 Å². The highest BCUT2D eigenvalue weighted by molar-refractivity contribution is 5.71. The molecule has 0 radical (unpaired) electrons. The zero-order chi connectivity index (χ0) is 63.3.